The first-order valence-corrected chi connectivity index (χ1v) is 8.98. The number of amides is 3. The van der Waals surface area contributed by atoms with Gasteiger partial charge in [0, 0.05) is 37.1 Å². The Labute approximate surface area is 163 Å². The number of nitrogens with one attached hydrogen (secondary N) is 1. The minimum absolute atomic E-state index is 0.0564. The van der Waals surface area contributed by atoms with Crippen LogP contribution in [0.15, 0.2) is 48.5 Å². The van der Waals surface area contributed by atoms with Crippen molar-refractivity contribution in [3.05, 3.63) is 54.1 Å². The zero-order valence-electron chi connectivity index (χ0n) is 16.1. The van der Waals surface area contributed by atoms with Crippen molar-refractivity contribution >= 4 is 35.0 Å². The molecule has 1 aliphatic heterocycles. The molecule has 0 saturated carbocycles. The summed E-state index contributed by atoms with van der Waals surface area (Å²) in [5.41, 5.74) is 3.17. The Hall–Kier alpha value is -3.35. The minimum atomic E-state index is -0.475. The Morgan fingerprint density at radius 2 is 1.75 bits per heavy atom. The van der Waals surface area contributed by atoms with E-state index in [-0.39, 0.29) is 18.2 Å². The second kappa shape index (κ2) is 8.12. The van der Waals surface area contributed by atoms with Crippen LogP contribution in [-0.4, -0.2) is 38.6 Å². The Balaban J connectivity index is 1.63. The maximum atomic E-state index is 12.6. The molecule has 1 fully saturated rings. The topological polar surface area (TPSA) is 79.0 Å². The quantitative estimate of drug-likeness (QED) is 0.882. The van der Waals surface area contributed by atoms with Crippen LogP contribution in [0.3, 0.4) is 0 Å². The van der Waals surface area contributed by atoms with Crippen LogP contribution in [0.5, 0.6) is 0 Å². The molecule has 0 spiro atoms. The lowest BCUT2D eigenvalue weighted by Crippen LogP contribution is -2.28. The molecular weight excluding hydrogens is 358 g/mol. The van der Waals surface area contributed by atoms with E-state index < -0.39 is 12.0 Å². The van der Waals surface area contributed by atoms with Crippen molar-refractivity contribution in [1.29, 1.82) is 0 Å². The van der Waals surface area contributed by atoms with Crippen molar-refractivity contribution in [1.82, 2.24) is 0 Å². The average Bonchev–Trinajstić information content (AvgIpc) is 3.10. The molecule has 28 heavy (non-hydrogen) atoms. The molecule has 7 nitrogen and oxygen atoms in total. The number of rotatable bonds is 4. The van der Waals surface area contributed by atoms with E-state index in [0.717, 1.165) is 11.3 Å². The highest BCUT2D eigenvalue weighted by atomic mass is 16.5. The van der Waals surface area contributed by atoms with Crippen molar-refractivity contribution in [3.8, 4) is 0 Å². The number of nitrogens with zero attached hydrogens (tertiary/aromatic N) is 2. The molecule has 7 heteroatoms. The van der Waals surface area contributed by atoms with Crippen LogP contribution in [0, 0.1) is 12.8 Å². The average molecular weight is 381 g/mol. The number of methoxy groups -OCH3 is 1. The lowest BCUT2D eigenvalue weighted by Gasteiger charge is -2.17. The van der Waals surface area contributed by atoms with Crippen molar-refractivity contribution in [2.75, 3.05) is 35.8 Å². The van der Waals surface area contributed by atoms with Crippen LogP contribution in [-0.2, 0) is 14.3 Å². The molecule has 1 atom stereocenters. The second-order valence-corrected chi connectivity index (χ2v) is 6.81. The molecule has 2 aromatic carbocycles. The summed E-state index contributed by atoms with van der Waals surface area (Å²) in [4.78, 5) is 39.5. The Morgan fingerprint density at radius 1 is 1.11 bits per heavy atom. The molecule has 0 aliphatic carbocycles. The van der Waals surface area contributed by atoms with E-state index in [4.69, 9.17) is 0 Å². The molecule has 1 N–H and O–H groups in total. The third-order valence-corrected chi connectivity index (χ3v) is 4.81. The van der Waals surface area contributed by atoms with Gasteiger partial charge < -0.3 is 15.0 Å². The zero-order chi connectivity index (χ0) is 20.3. The summed E-state index contributed by atoms with van der Waals surface area (Å²) in [5, 5.41) is 2.84. The summed E-state index contributed by atoms with van der Waals surface area (Å²) in [6.07, 6.45) is -0.291. The van der Waals surface area contributed by atoms with Gasteiger partial charge in [-0.3, -0.25) is 14.5 Å². The molecule has 1 heterocycles. The molecule has 1 unspecified atom stereocenters. The van der Waals surface area contributed by atoms with Crippen molar-refractivity contribution in [2.24, 2.45) is 5.92 Å². The maximum absolute atomic E-state index is 12.6. The van der Waals surface area contributed by atoms with Crippen LogP contribution in [0.1, 0.15) is 12.0 Å². The van der Waals surface area contributed by atoms with E-state index in [1.54, 1.807) is 36.2 Å². The summed E-state index contributed by atoms with van der Waals surface area (Å²) in [6, 6.07) is 14.5. The number of carbonyl (C=O) groups excluding carboxylic acids is 3. The number of carbonyl (C=O) groups is 3. The van der Waals surface area contributed by atoms with Gasteiger partial charge in [-0.05, 0) is 43.3 Å². The van der Waals surface area contributed by atoms with Gasteiger partial charge in [-0.2, -0.15) is 0 Å². The van der Waals surface area contributed by atoms with Crippen LogP contribution in [0.2, 0.25) is 0 Å². The standard InChI is InChI=1S/C21H23N3O4/c1-14-4-8-18(9-5-14)24-13-15(12-19(24)25)20(26)22-16-6-10-17(11-7-16)23(2)21(27)28-3/h4-11,15H,12-13H2,1-3H3,(H,22,26). The number of anilines is 3. The molecule has 0 aromatic heterocycles. The molecule has 3 amide bonds. The monoisotopic (exact) mass is 381 g/mol. The van der Waals surface area contributed by atoms with E-state index in [0.29, 0.717) is 17.9 Å². The zero-order valence-corrected chi connectivity index (χ0v) is 16.1. The highest BCUT2D eigenvalue weighted by molar-refractivity contribution is 6.03. The van der Waals surface area contributed by atoms with Gasteiger partial charge in [0.1, 0.15) is 0 Å². The van der Waals surface area contributed by atoms with Crippen LogP contribution >= 0.6 is 0 Å². The third kappa shape index (κ3) is 4.14. The summed E-state index contributed by atoms with van der Waals surface area (Å²) in [5.74, 6) is -0.665. The lowest BCUT2D eigenvalue weighted by molar-refractivity contribution is -0.122. The van der Waals surface area contributed by atoms with E-state index in [9.17, 15) is 14.4 Å². The first kappa shape index (κ1) is 19.4. The van der Waals surface area contributed by atoms with Crippen LogP contribution < -0.4 is 15.1 Å². The molecule has 3 rings (SSSR count). The molecule has 2 aromatic rings. The van der Waals surface area contributed by atoms with E-state index in [1.165, 1.54) is 12.0 Å². The summed E-state index contributed by atoms with van der Waals surface area (Å²) in [6.45, 7) is 2.34. The minimum Gasteiger partial charge on any atom is -0.452 e. The Morgan fingerprint density at radius 3 is 2.36 bits per heavy atom. The number of hydrogen-bond acceptors (Lipinski definition) is 4. The van der Waals surface area contributed by atoms with Crippen molar-refractivity contribution in [3.63, 3.8) is 0 Å². The van der Waals surface area contributed by atoms with Crippen LogP contribution in [0.25, 0.3) is 0 Å². The molecule has 146 valence electrons. The highest BCUT2D eigenvalue weighted by Gasteiger charge is 2.35. The van der Waals surface area contributed by atoms with Gasteiger partial charge in [-0.25, -0.2) is 4.79 Å². The molecule has 0 radical (unpaired) electrons. The molecule has 1 aliphatic rings. The van der Waals surface area contributed by atoms with Gasteiger partial charge in [0.2, 0.25) is 11.8 Å². The summed E-state index contributed by atoms with van der Waals surface area (Å²) < 4.78 is 4.67. The fraction of sp³-hybridized carbons (Fsp3) is 0.286. The number of benzene rings is 2. The van der Waals surface area contributed by atoms with E-state index in [1.807, 2.05) is 31.2 Å². The van der Waals surface area contributed by atoms with Crippen molar-refractivity contribution in [2.45, 2.75) is 13.3 Å². The number of hydrogen-bond donors (Lipinski definition) is 1. The number of ether oxygens (including phenoxy) is 1. The maximum Gasteiger partial charge on any atom is 0.413 e. The number of aryl methyl sites for hydroxylation is 1. The van der Waals surface area contributed by atoms with Gasteiger partial charge in [-0.1, -0.05) is 17.7 Å². The SMILES string of the molecule is COC(=O)N(C)c1ccc(NC(=O)C2CC(=O)N(c3ccc(C)cc3)C2)cc1. The first-order chi connectivity index (χ1) is 13.4. The third-order valence-electron chi connectivity index (χ3n) is 4.81. The van der Waals surface area contributed by atoms with Gasteiger partial charge in [0.15, 0.2) is 0 Å². The Bertz CT molecular complexity index is 878. The smallest absolute Gasteiger partial charge is 0.413 e. The van der Waals surface area contributed by atoms with E-state index >= 15 is 0 Å². The van der Waals surface area contributed by atoms with Gasteiger partial charge in [-0.15, -0.1) is 0 Å². The fourth-order valence-electron chi connectivity index (χ4n) is 3.11. The van der Waals surface area contributed by atoms with Gasteiger partial charge in [0.25, 0.3) is 0 Å². The lowest BCUT2D eigenvalue weighted by atomic mass is 10.1. The van der Waals surface area contributed by atoms with Crippen molar-refractivity contribution < 1.29 is 19.1 Å². The molecular formula is C21H23N3O4. The highest BCUT2D eigenvalue weighted by Crippen LogP contribution is 2.26. The normalized spacial score (nSPS) is 16.0. The summed E-state index contributed by atoms with van der Waals surface area (Å²) >= 11 is 0. The molecule has 1 saturated heterocycles. The summed E-state index contributed by atoms with van der Waals surface area (Å²) in [7, 11) is 2.92. The fourth-order valence-corrected chi connectivity index (χ4v) is 3.11. The second-order valence-electron chi connectivity index (χ2n) is 6.81. The van der Waals surface area contributed by atoms with Crippen LogP contribution in [0.4, 0.5) is 21.9 Å². The van der Waals surface area contributed by atoms with Gasteiger partial charge >= 0.3 is 6.09 Å². The molecule has 0 bridgehead atoms. The predicted molar refractivity (Wildman–Crippen MR) is 108 cm³/mol. The Kier molecular flexibility index (Phi) is 5.63. The van der Waals surface area contributed by atoms with Gasteiger partial charge in [0.05, 0.1) is 13.0 Å². The largest absolute Gasteiger partial charge is 0.452 e. The van der Waals surface area contributed by atoms with E-state index in [2.05, 4.69) is 10.1 Å². The first-order valence-electron chi connectivity index (χ1n) is 8.98. The predicted octanol–water partition coefficient (Wildman–Crippen LogP) is 3.19.